The van der Waals surface area contributed by atoms with Crippen molar-refractivity contribution >= 4 is 5.91 Å². The highest BCUT2D eigenvalue weighted by molar-refractivity contribution is 5.76. The Bertz CT molecular complexity index is 207. The molecule has 0 spiro atoms. The zero-order valence-electron chi connectivity index (χ0n) is 12.1. The molecule has 0 unspecified atom stereocenters. The summed E-state index contributed by atoms with van der Waals surface area (Å²) >= 11 is 0. The summed E-state index contributed by atoms with van der Waals surface area (Å²) in [6.07, 6.45) is 0.594. The van der Waals surface area contributed by atoms with Crippen molar-refractivity contribution in [1.82, 2.24) is 15.5 Å². The predicted molar refractivity (Wildman–Crippen MR) is 73.2 cm³/mol. The number of nitrogens with one attached hydrogen (secondary N) is 2. The van der Waals surface area contributed by atoms with Crippen molar-refractivity contribution in [3.05, 3.63) is 0 Å². The lowest BCUT2D eigenvalue weighted by Crippen LogP contribution is -2.40. The minimum atomic E-state index is 0.165. The standard InChI is InChI=1S/C13H29N3O/c1-6-16(7-2)12(17)8-9-14-10-11-15-13(3,4)5/h14-15H,6-11H2,1-5H3. The smallest absolute Gasteiger partial charge is 0.223 e. The maximum absolute atomic E-state index is 11.7. The second kappa shape index (κ2) is 8.48. The molecule has 0 aliphatic rings. The monoisotopic (exact) mass is 243 g/mol. The quantitative estimate of drug-likeness (QED) is 0.630. The molecule has 4 heteroatoms. The van der Waals surface area contributed by atoms with Crippen LogP contribution < -0.4 is 10.6 Å². The van der Waals surface area contributed by atoms with Crippen LogP contribution in [-0.2, 0) is 4.79 Å². The molecule has 0 bridgehead atoms. The number of carbonyl (C=O) groups is 1. The van der Waals surface area contributed by atoms with Gasteiger partial charge in [-0.3, -0.25) is 4.79 Å². The maximum atomic E-state index is 11.7. The van der Waals surface area contributed by atoms with Crippen molar-refractivity contribution in [2.45, 2.75) is 46.6 Å². The molecule has 17 heavy (non-hydrogen) atoms. The molecule has 0 aromatic heterocycles. The molecule has 0 saturated heterocycles. The molecule has 0 rings (SSSR count). The summed E-state index contributed by atoms with van der Waals surface area (Å²) in [6.45, 7) is 14.7. The van der Waals surface area contributed by atoms with Crippen molar-refractivity contribution in [2.24, 2.45) is 0 Å². The third-order valence-electron chi connectivity index (χ3n) is 2.59. The van der Waals surface area contributed by atoms with Crippen molar-refractivity contribution in [3.8, 4) is 0 Å². The van der Waals surface area contributed by atoms with Gasteiger partial charge in [-0.2, -0.15) is 0 Å². The number of carbonyl (C=O) groups excluding carboxylic acids is 1. The lowest BCUT2D eigenvalue weighted by atomic mass is 10.1. The Kier molecular flexibility index (Phi) is 8.17. The number of rotatable bonds is 8. The lowest BCUT2D eigenvalue weighted by Gasteiger charge is -2.21. The average molecular weight is 243 g/mol. The van der Waals surface area contributed by atoms with Gasteiger partial charge in [0.25, 0.3) is 0 Å². The fourth-order valence-electron chi connectivity index (χ4n) is 1.58. The molecular formula is C13H29N3O. The van der Waals surface area contributed by atoms with Gasteiger partial charge in [0.05, 0.1) is 0 Å². The Labute approximate surface area is 106 Å². The number of nitrogens with zero attached hydrogens (tertiary/aromatic N) is 1. The molecule has 4 nitrogen and oxygen atoms in total. The van der Waals surface area contributed by atoms with Crippen molar-refractivity contribution in [3.63, 3.8) is 0 Å². The fourth-order valence-corrected chi connectivity index (χ4v) is 1.58. The van der Waals surface area contributed by atoms with E-state index in [0.29, 0.717) is 6.42 Å². The van der Waals surface area contributed by atoms with Gasteiger partial charge in [0, 0.05) is 44.7 Å². The van der Waals surface area contributed by atoms with Crippen LogP contribution in [0.5, 0.6) is 0 Å². The second-order valence-electron chi connectivity index (χ2n) is 5.24. The van der Waals surface area contributed by atoms with Crippen LogP contribution in [0.4, 0.5) is 0 Å². The normalized spacial score (nSPS) is 11.6. The molecule has 0 atom stereocenters. The Morgan fingerprint density at radius 2 is 1.65 bits per heavy atom. The van der Waals surface area contributed by atoms with Gasteiger partial charge in [0.1, 0.15) is 0 Å². The van der Waals surface area contributed by atoms with Gasteiger partial charge in [-0.25, -0.2) is 0 Å². The van der Waals surface area contributed by atoms with Crippen molar-refractivity contribution < 1.29 is 4.79 Å². The Morgan fingerprint density at radius 3 is 2.12 bits per heavy atom. The van der Waals surface area contributed by atoms with Crippen LogP contribution in [0.1, 0.15) is 41.0 Å². The lowest BCUT2D eigenvalue weighted by molar-refractivity contribution is -0.130. The molecule has 0 fully saturated rings. The summed E-state index contributed by atoms with van der Waals surface area (Å²) in [5.74, 6) is 0.242. The molecule has 102 valence electrons. The predicted octanol–water partition coefficient (Wildman–Crippen LogP) is 1.22. The first-order valence-electron chi connectivity index (χ1n) is 6.64. The molecule has 0 aromatic carbocycles. The first-order valence-corrected chi connectivity index (χ1v) is 6.64. The van der Waals surface area contributed by atoms with Crippen LogP contribution in [0.3, 0.4) is 0 Å². The second-order valence-corrected chi connectivity index (χ2v) is 5.24. The van der Waals surface area contributed by atoms with E-state index < -0.39 is 0 Å². The van der Waals surface area contributed by atoms with E-state index in [4.69, 9.17) is 0 Å². The highest BCUT2D eigenvalue weighted by Gasteiger charge is 2.09. The maximum Gasteiger partial charge on any atom is 0.223 e. The summed E-state index contributed by atoms with van der Waals surface area (Å²) in [6, 6.07) is 0. The van der Waals surface area contributed by atoms with Gasteiger partial charge in [-0.05, 0) is 34.6 Å². The topological polar surface area (TPSA) is 44.4 Å². The van der Waals surface area contributed by atoms with Crippen LogP contribution in [0, 0.1) is 0 Å². The highest BCUT2D eigenvalue weighted by Crippen LogP contribution is 1.96. The molecule has 0 aromatic rings. The van der Waals surface area contributed by atoms with E-state index in [-0.39, 0.29) is 11.4 Å². The third-order valence-corrected chi connectivity index (χ3v) is 2.59. The van der Waals surface area contributed by atoms with Crippen LogP contribution in [0.25, 0.3) is 0 Å². The van der Waals surface area contributed by atoms with E-state index >= 15 is 0 Å². The average Bonchev–Trinajstić information content (AvgIpc) is 2.23. The molecule has 0 aliphatic carbocycles. The van der Waals surface area contributed by atoms with Gasteiger partial charge < -0.3 is 15.5 Å². The SMILES string of the molecule is CCN(CC)C(=O)CCNCCNC(C)(C)C. The van der Waals surface area contributed by atoms with E-state index in [1.807, 2.05) is 18.7 Å². The van der Waals surface area contributed by atoms with E-state index in [0.717, 1.165) is 32.7 Å². The highest BCUT2D eigenvalue weighted by atomic mass is 16.2. The number of hydrogen-bond acceptors (Lipinski definition) is 3. The molecular weight excluding hydrogens is 214 g/mol. The molecule has 0 radical (unpaired) electrons. The summed E-state index contributed by atoms with van der Waals surface area (Å²) in [4.78, 5) is 13.5. The molecule has 0 aliphatic heterocycles. The summed E-state index contributed by atoms with van der Waals surface area (Å²) < 4.78 is 0. The van der Waals surface area contributed by atoms with Crippen molar-refractivity contribution in [1.29, 1.82) is 0 Å². The van der Waals surface area contributed by atoms with Crippen LogP contribution in [0.2, 0.25) is 0 Å². The minimum absolute atomic E-state index is 0.165. The largest absolute Gasteiger partial charge is 0.343 e. The van der Waals surface area contributed by atoms with Crippen LogP contribution in [0.15, 0.2) is 0 Å². The number of amides is 1. The van der Waals surface area contributed by atoms with E-state index in [1.54, 1.807) is 0 Å². The Balaban J connectivity index is 3.49. The third kappa shape index (κ3) is 9.12. The minimum Gasteiger partial charge on any atom is -0.343 e. The Morgan fingerprint density at radius 1 is 1.06 bits per heavy atom. The first-order chi connectivity index (χ1) is 7.90. The summed E-state index contributed by atoms with van der Waals surface area (Å²) in [7, 11) is 0. The van der Waals surface area contributed by atoms with Gasteiger partial charge in [0.2, 0.25) is 5.91 Å². The van der Waals surface area contributed by atoms with E-state index in [9.17, 15) is 4.79 Å². The van der Waals surface area contributed by atoms with Gasteiger partial charge in [-0.15, -0.1) is 0 Å². The van der Waals surface area contributed by atoms with Crippen molar-refractivity contribution in [2.75, 3.05) is 32.7 Å². The first kappa shape index (κ1) is 16.4. The van der Waals surface area contributed by atoms with E-state index in [2.05, 4.69) is 31.4 Å². The van der Waals surface area contributed by atoms with Gasteiger partial charge in [0.15, 0.2) is 0 Å². The number of hydrogen-bond donors (Lipinski definition) is 2. The summed E-state index contributed by atoms with van der Waals surface area (Å²) in [5.41, 5.74) is 0.165. The molecule has 0 heterocycles. The van der Waals surface area contributed by atoms with Crippen LogP contribution in [-0.4, -0.2) is 49.1 Å². The molecule has 0 saturated carbocycles. The molecule has 2 N–H and O–H groups in total. The van der Waals surface area contributed by atoms with E-state index in [1.165, 1.54) is 0 Å². The zero-order valence-corrected chi connectivity index (χ0v) is 12.1. The van der Waals surface area contributed by atoms with Crippen LogP contribution >= 0.6 is 0 Å². The summed E-state index contributed by atoms with van der Waals surface area (Å²) in [5, 5.41) is 6.68. The van der Waals surface area contributed by atoms with Gasteiger partial charge >= 0.3 is 0 Å². The molecule has 1 amide bonds. The zero-order chi connectivity index (χ0) is 13.3. The van der Waals surface area contributed by atoms with Gasteiger partial charge in [-0.1, -0.05) is 0 Å². The Hall–Kier alpha value is -0.610. The fraction of sp³-hybridized carbons (Fsp3) is 0.923.